The maximum Gasteiger partial charge on any atom is 0.346 e. The van der Waals surface area contributed by atoms with E-state index in [2.05, 4.69) is 14.9 Å². The van der Waals surface area contributed by atoms with Crippen LogP contribution in [0.2, 0.25) is 0 Å². The van der Waals surface area contributed by atoms with E-state index in [-0.39, 0.29) is 11.3 Å². The molecular formula is C20H18FN3O4S. The molecule has 1 atom stereocenters. The highest BCUT2D eigenvalue weighted by Crippen LogP contribution is 2.29. The van der Waals surface area contributed by atoms with Gasteiger partial charge in [0.25, 0.3) is 0 Å². The van der Waals surface area contributed by atoms with Crippen LogP contribution in [0.25, 0.3) is 17.1 Å². The van der Waals surface area contributed by atoms with Gasteiger partial charge in [-0.3, -0.25) is 9.36 Å². The molecule has 150 valence electrons. The van der Waals surface area contributed by atoms with Crippen LogP contribution in [0, 0.1) is 5.82 Å². The molecule has 2 aromatic carbocycles. The molecule has 0 spiro atoms. The van der Waals surface area contributed by atoms with Crippen molar-refractivity contribution in [3.05, 3.63) is 60.4 Å². The van der Waals surface area contributed by atoms with Crippen LogP contribution in [0.3, 0.4) is 0 Å². The number of hydrogen-bond donors (Lipinski definition) is 0. The van der Waals surface area contributed by atoms with Gasteiger partial charge in [-0.1, -0.05) is 42.1 Å². The van der Waals surface area contributed by atoms with Crippen molar-refractivity contribution in [2.75, 3.05) is 12.9 Å². The SMILES string of the molecule is COC(=O)C(C)OC(=O)CSc1nnc(-c2ccccc2F)n1-c1ccccc1. The van der Waals surface area contributed by atoms with Gasteiger partial charge in [0.1, 0.15) is 5.82 Å². The van der Waals surface area contributed by atoms with Crippen molar-refractivity contribution >= 4 is 23.7 Å². The van der Waals surface area contributed by atoms with Crippen LogP contribution < -0.4 is 0 Å². The number of esters is 2. The number of para-hydroxylation sites is 1. The molecule has 0 radical (unpaired) electrons. The Hall–Kier alpha value is -3.20. The van der Waals surface area contributed by atoms with E-state index in [1.807, 2.05) is 30.3 Å². The summed E-state index contributed by atoms with van der Waals surface area (Å²) in [6, 6.07) is 15.4. The van der Waals surface area contributed by atoms with Crippen LogP contribution in [-0.2, 0) is 19.1 Å². The second kappa shape index (κ2) is 9.33. The predicted octanol–water partition coefficient (Wildman–Crippen LogP) is 3.27. The van der Waals surface area contributed by atoms with Crippen molar-refractivity contribution in [1.82, 2.24) is 14.8 Å². The Balaban J connectivity index is 1.87. The molecule has 1 unspecified atom stereocenters. The lowest BCUT2D eigenvalue weighted by Crippen LogP contribution is -2.26. The van der Waals surface area contributed by atoms with Crippen LogP contribution in [0.4, 0.5) is 4.39 Å². The van der Waals surface area contributed by atoms with Gasteiger partial charge in [-0.05, 0) is 31.2 Å². The Morgan fingerprint density at radius 1 is 1.10 bits per heavy atom. The van der Waals surface area contributed by atoms with Crippen molar-refractivity contribution in [2.45, 2.75) is 18.2 Å². The fraction of sp³-hybridized carbons (Fsp3) is 0.200. The third-order valence-corrected chi connectivity index (χ3v) is 4.83. The number of carbonyl (C=O) groups excluding carboxylic acids is 2. The number of thioether (sulfide) groups is 1. The van der Waals surface area contributed by atoms with Crippen molar-refractivity contribution in [3.63, 3.8) is 0 Å². The minimum absolute atomic E-state index is 0.108. The average molecular weight is 415 g/mol. The minimum Gasteiger partial charge on any atom is -0.466 e. The molecule has 0 aliphatic carbocycles. The zero-order valence-electron chi connectivity index (χ0n) is 15.7. The summed E-state index contributed by atoms with van der Waals surface area (Å²) in [5, 5.41) is 8.64. The van der Waals surface area contributed by atoms with E-state index in [1.54, 1.807) is 22.8 Å². The van der Waals surface area contributed by atoms with E-state index in [0.29, 0.717) is 11.0 Å². The highest BCUT2D eigenvalue weighted by molar-refractivity contribution is 7.99. The fourth-order valence-electron chi connectivity index (χ4n) is 2.56. The molecule has 0 saturated carbocycles. The standard InChI is InChI=1S/C20H18FN3O4S/c1-13(19(26)27-2)28-17(25)12-29-20-23-22-18(15-10-6-7-11-16(15)21)24(20)14-8-4-3-5-9-14/h3-11,13H,12H2,1-2H3. The zero-order chi connectivity index (χ0) is 20.8. The summed E-state index contributed by atoms with van der Waals surface area (Å²) >= 11 is 1.07. The van der Waals surface area contributed by atoms with Crippen molar-refractivity contribution in [3.8, 4) is 17.1 Å². The molecule has 0 aliphatic rings. The number of carbonyl (C=O) groups is 2. The van der Waals surface area contributed by atoms with Gasteiger partial charge in [-0.25, -0.2) is 9.18 Å². The summed E-state index contributed by atoms with van der Waals surface area (Å²) < 4.78 is 25.6. The summed E-state index contributed by atoms with van der Waals surface area (Å²) in [5.41, 5.74) is 1.01. The van der Waals surface area contributed by atoms with E-state index in [1.165, 1.54) is 20.1 Å². The highest BCUT2D eigenvalue weighted by atomic mass is 32.2. The zero-order valence-corrected chi connectivity index (χ0v) is 16.6. The smallest absolute Gasteiger partial charge is 0.346 e. The Morgan fingerprint density at radius 3 is 2.48 bits per heavy atom. The summed E-state index contributed by atoms with van der Waals surface area (Å²) in [7, 11) is 1.22. The molecule has 3 rings (SSSR count). The molecule has 1 aromatic heterocycles. The number of ether oxygens (including phenoxy) is 2. The predicted molar refractivity (Wildman–Crippen MR) is 105 cm³/mol. The molecule has 3 aromatic rings. The number of aromatic nitrogens is 3. The van der Waals surface area contributed by atoms with Crippen LogP contribution in [0.5, 0.6) is 0 Å². The van der Waals surface area contributed by atoms with Crippen LogP contribution in [0.1, 0.15) is 6.92 Å². The quantitative estimate of drug-likeness (QED) is 0.433. The minimum atomic E-state index is -1.01. The molecule has 7 nitrogen and oxygen atoms in total. The molecule has 0 amide bonds. The summed E-state index contributed by atoms with van der Waals surface area (Å²) in [5.74, 6) is -1.47. The molecule has 0 fully saturated rings. The van der Waals surface area contributed by atoms with Crippen LogP contribution >= 0.6 is 11.8 Å². The van der Waals surface area contributed by atoms with Crippen molar-refractivity contribution in [1.29, 1.82) is 0 Å². The van der Waals surface area contributed by atoms with Gasteiger partial charge in [0.05, 0.1) is 18.4 Å². The number of rotatable bonds is 7. The van der Waals surface area contributed by atoms with E-state index in [4.69, 9.17) is 4.74 Å². The summed E-state index contributed by atoms with van der Waals surface area (Å²) in [6.07, 6.45) is -1.01. The van der Waals surface area contributed by atoms with Crippen LogP contribution in [-0.4, -0.2) is 45.7 Å². The molecule has 0 N–H and O–H groups in total. The van der Waals surface area contributed by atoms with Gasteiger partial charge in [-0.15, -0.1) is 10.2 Å². The maximum atomic E-state index is 14.3. The second-order valence-electron chi connectivity index (χ2n) is 5.90. The lowest BCUT2D eigenvalue weighted by molar-refractivity contribution is -0.162. The third-order valence-electron chi connectivity index (χ3n) is 3.92. The number of halogens is 1. The Labute approximate surface area is 170 Å². The first-order valence-electron chi connectivity index (χ1n) is 8.67. The second-order valence-corrected chi connectivity index (χ2v) is 6.84. The van der Waals surface area contributed by atoms with E-state index < -0.39 is 23.9 Å². The number of benzene rings is 2. The fourth-order valence-corrected chi connectivity index (χ4v) is 3.29. The average Bonchev–Trinajstić information content (AvgIpc) is 3.16. The van der Waals surface area contributed by atoms with Gasteiger partial charge in [-0.2, -0.15) is 0 Å². The van der Waals surface area contributed by atoms with Crippen molar-refractivity contribution < 1.29 is 23.5 Å². The van der Waals surface area contributed by atoms with E-state index in [0.717, 1.165) is 17.4 Å². The first-order valence-corrected chi connectivity index (χ1v) is 9.65. The number of methoxy groups -OCH3 is 1. The first-order chi connectivity index (χ1) is 14.0. The molecule has 1 heterocycles. The van der Waals surface area contributed by atoms with Crippen molar-refractivity contribution in [2.24, 2.45) is 0 Å². The van der Waals surface area contributed by atoms with Crippen LogP contribution in [0.15, 0.2) is 59.8 Å². The monoisotopic (exact) mass is 415 g/mol. The van der Waals surface area contributed by atoms with Gasteiger partial charge in [0, 0.05) is 5.69 Å². The van der Waals surface area contributed by atoms with Gasteiger partial charge >= 0.3 is 11.9 Å². The lowest BCUT2D eigenvalue weighted by Gasteiger charge is -2.12. The number of hydrogen-bond acceptors (Lipinski definition) is 7. The third kappa shape index (κ3) is 4.80. The topological polar surface area (TPSA) is 83.3 Å². The number of nitrogens with zero attached hydrogens (tertiary/aromatic N) is 3. The molecule has 0 aliphatic heterocycles. The Bertz CT molecular complexity index is 1010. The van der Waals surface area contributed by atoms with E-state index in [9.17, 15) is 14.0 Å². The van der Waals surface area contributed by atoms with Gasteiger partial charge < -0.3 is 9.47 Å². The molecule has 0 bridgehead atoms. The van der Waals surface area contributed by atoms with E-state index >= 15 is 0 Å². The molecule has 29 heavy (non-hydrogen) atoms. The lowest BCUT2D eigenvalue weighted by atomic mass is 10.2. The largest absolute Gasteiger partial charge is 0.466 e. The summed E-state index contributed by atoms with van der Waals surface area (Å²) in [6.45, 7) is 1.43. The van der Waals surface area contributed by atoms with Gasteiger partial charge in [0.2, 0.25) is 0 Å². The molecule has 9 heteroatoms. The molecular weight excluding hydrogens is 397 g/mol. The Morgan fingerprint density at radius 2 is 1.79 bits per heavy atom. The Kier molecular flexibility index (Phi) is 6.61. The molecule has 0 saturated heterocycles. The first kappa shape index (κ1) is 20.5. The van der Waals surface area contributed by atoms with Gasteiger partial charge in [0.15, 0.2) is 17.1 Å². The highest BCUT2D eigenvalue weighted by Gasteiger charge is 2.22. The summed E-state index contributed by atoms with van der Waals surface area (Å²) in [4.78, 5) is 23.4. The normalized spacial score (nSPS) is 11.7. The maximum absolute atomic E-state index is 14.3.